The van der Waals surface area contributed by atoms with Crippen LogP contribution in [0.2, 0.25) is 0 Å². The molecule has 0 aliphatic carbocycles. The number of carbonyl (C=O) groups is 1. The molecule has 0 fully saturated rings. The van der Waals surface area contributed by atoms with Crippen molar-refractivity contribution < 1.29 is 4.79 Å². The van der Waals surface area contributed by atoms with Crippen molar-refractivity contribution in [2.24, 2.45) is 0 Å². The molecule has 74 valence electrons. The monoisotopic (exact) mass is 189 g/mol. The first-order valence-corrected chi connectivity index (χ1v) is 4.61. The van der Waals surface area contributed by atoms with E-state index in [0.717, 1.165) is 5.56 Å². The second-order valence-corrected chi connectivity index (χ2v) is 3.24. The average Bonchev–Trinajstić information content (AvgIpc) is 2.27. The number of benzene rings is 1. The van der Waals surface area contributed by atoms with E-state index in [9.17, 15) is 4.79 Å². The Morgan fingerprint density at radius 1 is 1.43 bits per heavy atom. The molecule has 0 N–H and O–H groups in total. The molecule has 1 amide bonds. The molecule has 1 aromatic rings. The molecular formula is C12H15NO. The maximum Gasteiger partial charge on any atom is 0.246 e. The van der Waals surface area contributed by atoms with Gasteiger partial charge >= 0.3 is 0 Å². The van der Waals surface area contributed by atoms with Crippen molar-refractivity contribution in [3.8, 4) is 0 Å². The van der Waals surface area contributed by atoms with E-state index in [1.54, 1.807) is 11.9 Å². The number of hydrogen-bond donors (Lipinski definition) is 0. The van der Waals surface area contributed by atoms with Crippen molar-refractivity contribution in [1.29, 1.82) is 0 Å². The third-order valence-electron chi connectivity index (χ3n) is 2.39. The molecule has 0 saturated heterocycles. The number of hydrogen-bond acceptors (Lipinski definition) is 1. The summed E-state index contributed by atoms with van der Waals surface area (Å²) >= 11 is 0. The quantitative estimate of drug-likeness (QED) is 0.668. The first kappa shape index (κ1) is 10.5. The summed E-state index contributed by atoms with van der Waals surface area (Å²) in [5, 5.41) is 0. The van der Waals surface area contributed by atoms with Gasteiger partial charge in [0.1, 0.15) is 0 Å². The maximum absolute atomic E-state index is 11.3. The molecule has 0 radical (unpaired) electrons. The summed E-state index contributed by atoms with van der Waals surface area (Å²) in [5.41, 5.74) is 1.13. The highest BCUT2D eigenvalue weighted by Gasteiger charge is 2.13. The van der Waals surface area contributed by atoms with Crippen molar-refractivity contribution >= 4 is 5.91 Å². The molecule has 0 spiro atoms. The van der Waals surface area contributed by atoms with Crippen LogP contribution in [-0.4, -0.2) is 17.9 Å². The van der Waals surface area contributed by atoms with Crippen molar-refractivity contribution in [3.05, 3.63) is 48.6 Å². The fourth-order valence-electron chi connectivity index (χ4n) is 1.29. The third-order valence-corrected chi connectivity index (χ3v) is 2.39. The predicted molar refractivity (Wildman–Crippen MR) is 57.8 cm³/mol. The van der Waals surface area contributed by atoms with Crippen molar-refractivity contribution in [1.82, 2.24) is 4.90 Å². The lowest BCUT2D eigenvalue weighted by Crippen LogP contribution is -2.27. The lowest BCUT2D eigenvalue weighted by atomic mass is 10.1. The fourth-order valence-corrected chi connectivity index (χ4v) is 1.29. The highest BCUT2D eigenvalue weighted by molar-refractivity contribution is 5.87. The van der Waals surface area contributed by atoms with Gasteiger partial charge in [-0.05, 0) is 18.6 Å². The summed E-state index contributed by atoms with van der Waals surface area (Å²) in [4.78, 5) is 13.0. The van der Waals surface area contributed by atoms with Gasteiger partial charge in [0.05, 0.1) is 6.04 Å². The molecule has 0 heterocycles. The molecule has 0 aliphatic heterocycles. The van der Waals surface area contributed by atoms with Gasteiger partial charge in [-0.2, -0.15) is 0 Å². The molecule has 2 heteroatoms. The van der Waals surface area contributed by atoms with E-state index in [0.29, 0.717) is 0 Å². The Balaban J connectivity index is 2.80. The average molecular weight is 189 g/mol. The maximum atomic E-state index is 11.3. The van der Waals surface area contributed by atoms with Crippen molar-refractivity contribution in [3.63, 3.8) is 0 Å². The van der Waals surface area contributed by atoms with E-state index in [-0.39, 0.29) is 11.9 Å². The zero-order chi connectivity index (χ0) is 10.6. The topological polar surface area (TPSA) is 20.3 Å². The van der Waals surface area contributed by atoms with Crippen LogP contribution in [0.25, 0.3) is 0 Å². The van der Waals surface area contributed by atoms with Crippen LogP contribution in [0.3, 0.4) is 0 Å². The summed E-state index contributed by atoms with van der Waals surface area (Å²) in [6, 6.07) is 10.0. The van der Waals surface area contributed by atoms with Crippen molar-refractivity contribution in [2.45, 2.75) is 13.0 Å². The molecule has 1 rings (SSSR count). The lowest BCUT2D eigenvalue weighted by Gasteiger charge is -2.23. The second kappa shape index (κ2) is 4.61. The van der Waals surface area contributed by atoms with Gasteiger partial charge in [-0.1, -0.05) is 36.9 Å². The standard InChI is InChI=1S/C12H15NO/c1-4-12(14)13(3)10(2)11-8-6-5-7-9-11/h4-10H,1H2,2-3H3/t10-/m0/s1. The number of amides is 1. The third kappa shape index (κ3) is 2.22. The summed E-state index contributed by atoms with van der Waals surface area (Å²) < 4.78 is 0. The predicted octanol–water partition coefficient (Wildman–Crippen LogP) is 2.39. The molecule has 1 aromatic carbocycles. The molecule has 2 nitrogen and oxygen atoms in total. The van der Waals surface area contributed by atoms with Gasteiger partial charge in [0.25, 0.3) is 0 Å². The normalized spacial score (nSPS) is 11.9. The minimum Gasteiger partial charge on any atom is -0.335 e. The Morgan fingerprint density at radius 3 is 2.50 bits per heavy atom. The van der Waals surface area contributed by atoms with Crippen LogP contribution >= 0.6 is 0 Å². The van der Waals surface area contributed by atoms with Crippen LogP contribution in [0.15, 0.2) is 43.0 Å². The Hall–Kier alpha value is -1.57. The van der Waals surface area contributed by atoms with Crippen LogP contribution in [0.4, 0.5) is 0 Å². The second-order valence-electron chi connectivity index (χ2n) is 3.24. The summed E-state index contributed by atoms with van der Waals surface area (Å²) in [5.74, 6) is -0.0543. The van der Waals surface area contributed by atoms with Gasteiger partial charge in [0.2, 0.25) is 5.91 Å². The summed E-state index contributed by atoms with van der Waals surface area (Å²) in [6.45, 7) is 5.46. The van der Waals surface area contributed by atoms with Crippen LogP contribution < -0.4 is 0 Å². The van der Waals surface area contributed by atoms with Gasteiger partial charge in [0.15, 0.2) is 0 Å². The summed E-state index contributed by atoms with van der Waals surface area (Å²) in [7, 11) is 1.78. The van der Waals surface area contributed by atoms with Gasteiger partial charge < -0.3 is 4.90 Å². The van der Waals surface area contributed by atoms with E-state index in [1.165, 1.54) is 6.08 Å². The summed E-state index contributed by atoms with van der Waals surface area (Å²) in [6.07, 6.45) is 1.33. The number of nitrogens with zero attached hydrogens (tertiary/aromatic N) is 1. The van der Waals surface area contributed by atoms with Gasteiger partial charge in [0, 0.05) is 7.05 Å². The van der Waals surface area contributed by atoms with Crippen LogP contribution in [0, 0.1) is 0 Å². The molecule has 14 heavy (non-hydrogen) atoms. The smallest absolute Gasteiger partial charge is 0.246 e. The number of carbonyl (C=O) groups excluding carboxylic acids is 1. The highest BCUT2D eigenvalue weighted by Crippen LogP contribution is 2.17. The molecular weight excluding hydrogens is 174 g/mol. The van der Waals surface area contributed by atoms with Crippen LogP contribution in [0.5, 0.6) is 0 Å². The van der Waals surface area contributed by atoms with Crippen LogP contribution in [0.1, 0.15) is 18.5 Å². The van der Waals surface area contributed by atoms with Gasteiger partial charge in [-0.15, -0.1) is 0 Å². The molecule has 1 atom stereocenters. The Bertz CT molecular complexity index is 318. The molecule has 0 aromatic heterocycles. The van der Waals surface area contributed by atoms with Crippen LogP contribution in [-0.2, 0) is 4.79 Å². The molecule has 0 saturated carbocycles. The largest absolute Gasteiger partial charge is 0.335 e. The minimum absolute atomic E-state index is 0.0543. The van der Waals surface area contributed by atoms with Crippen molar-refractivity contribution in [2.75, 3.05) is 7.05 Å². The SMILES string of the molecule is C=CC(=O)N(C)[C@@H](C)c1ccccc1. The minimum atomic E-state index is -0.0543. The van der Waals surface area contributed by atoms with E-state index >= 15 is 0 Å². The van der Waals surface area contributed by atoms with Gasteiger partial charge in [-0.3, -0.25) is 4.79 Å². The molecule has 0 bridgehead atoms. The zero-order valence-electron chi connectivity index (χ0n) is 8.60. The van der Waals surface area contributed by atoms with E-state index in [1.807, 2.05) is 37.3 Å². The Labute approximate surface area is 84.9 Å². The number of likely N-dealkylation sites (N-methyl/N-ethyl adjacent to an activating group) is 1. The first-order valence-electron chi connectivity index (χ1n) is 4.61. The lowest BCUT2D eigenvalue weighted by molar-refractivity contribution is -0.126. The van der Waals surface area contributed by atoms with Gasteiger partial charge in [-0.25, -0.2) is 0 Å². The zero-order valence-corrected chi connectivity index (χ0v) is 8.60. The van der Waals surface area contributed by atoms with E-state index in [4.69, 9.17) is 0 Å². The fraction of sp³-hybridized carbons (Fsp3) is 0.250. The highest BCUT2D eigenvalue weighted by atomic mass is 16.2. The first-order chi connectivity index (χ1) is 6.66. The Morgan fingerprint density at radius 2 is 2.00 bits per heavy atom. The van der Waals surface area contributed by atoms with E-state index < -0.39 is 0 Å². The molecule has 0 unspecified atom stereocenters. The molecule has 0 aliphatic rings. The number of rotatable bonds is 3. The van der Waals surface area contributed by atoms with E-state index in [2.05, 4.69) is 6.58 Å². The Kier molecular flexibility index (Phi) is 3.46.